The molecule has 0 amide bonds. The summed E-state index contributed by atoms with van der Waals surface area (Å²) in [6.07, 6.45) is 7.74. The van der Waals surface area contributed by atoms with E-state index in [0.717, 1.165) is 12.8 Å². The van der Waals surface area contributed by atoms with Crippen LogP contribution in [-0.4, -0.2) is 11.0 Å². The Hall–Kier alpha value is -0.410. The number of nitrogens with zero attached hydrogens (tertiary/aromatic N) is 1. The van der Waals surface area contributed by atoms with Gasteiger partial charge in [0.25, 0.3) is 0 Å². The molecule has 0 aromatic carbocycles. The average molecular weight is 198 g/mol. The molecule has 1 aromatic heterocycles. The summed E-state index contributed by atoms with van der Waals surface area (Å²) in [6, 6.07) is 0.303. The molecule has 2 N–H and O–H groups in total. The maximum atomic E-state index is 5.97. The standard InChI is InChI=1S/C10H18N2S/c1-2-3-4-5-9(11)8-10-12-6-7-13-10/h6-7,9H,2-5,8,11H2,1H3. The van der Waals surface area contributed by atoms with Gasteiger partial charge < -0.3 is 5.73 Å². The third-order valence-electron chi connectivity index (χ3n) is 2.10. The first-order valence-corrected chi connectivity index (χ1v) is 5.85. The largest absolute Gasteiger partial charge is 0.327 e. The topological polar surface area (TPSA) is 38.9 Å². The number of unbranched alkanes of at least 4 members (excludes halogenated alkanes) is 2. The van der Waals surface area contributed by atoms with Crippen LogP contribution in [0.2, 0.25) is 0 Å². The molecule has 74 valence electrons. The summed E-state index contributed by atoms with van der Waals surface area (Å²) < 4.78 is 0. The molecule has 0 aliphatic carbocycles. The first-order chi connectivity index (χ1) is 6.33. The number of aromatic nitrogens is 1. The summed E-state index contributed by atoms with van der Waals surface area (Å²) in [7, 11) is 0. The highest BCUT2D eigenvalue weighted by molar-refractivity contribution is 7.09. The molecule has 1 rings (SSSR count). The van der Waals surface area contributed by atoms with Gasteiger partial charge in [-0.3, -0.25) is 0 Å². The van der Waals surface area contributed by atoms with E-state index in [0.29, 0.717) is 6.04 Å². The second-order valence-electron chi connectivity index (χ2n) is 3.39. The zero-order valence-electron chi connectivity index (χ0n) is 8.20. The summed E-state index contributed by atoms with van der Waals surface area (Å²) in [6.45, 7) is 2.21. The Kier molecular flexibility index (Phi) is 5.01. The Morgan fingerprint density at radius 2 is 2.38 bits per heavy atom. The Balaban J connectivity index is 2.14. The van der Waals surface area contributed by atoms with Crippen molar-refractivity contribution in [2.75, 3.05) is 0 Å². The highest BCUT2D eigenvalue weighted by atomic mass is 32.1. The molecule has 1 unspecified atom stereocenters. The van der Waals surface area contributed by atoms with Crippen molar-refractivity contribution < 1.29 is 0 Å². The average Bonchev–Trinajstić information content (AvgIpc) is 2.57. The first kappa shape index (κ1) is 10.7. The van der Waals surface area contributed by atoms with Crippen LogP contribution in [0.15, 0.2) is 11.6 Å². The molecular formula is C10H18N2S. The van der Waals surface area contributed by atoms with E-state index in [1.54, 1.807) is 11.3 Å². The molecule has 0 saturated carbocycles. The third-order valence-corrected chi connectivity index (χ3v) is 2.90. The van der Waals surface area contributed by atoms with Crippen molar-refractivity contribution >= 4 is 11.3 Å². The van der Waals surface area contributed by atoms with Gasteiger partial charge in [0.15, 0.2) is 0 Å². The van der Waals surface area contributed by atoms with Gasteiger partial charge in [0.05, 0.1) is 5.01 Å². The third kappa shape index (κ3) is 4.39. The minimum Gasteiger partial charge on any atom is -0.327 e. The van der Waals surface area contributed by atoms with E-state index < -0.39 is 0 Å². The summed E-state index contributed by atoms with van der Waals surface area (Å²) in [5.41, 5.74) is 5.97. The van der Waals surface area contributed by atoms with Gasteiger partial charge in [0.2, 0.25) is 0 Å². The van der Waals surface area contributed by atoms with Crippen LogP contribution in [0.5, 0.6) is 0 Å². The van der Waals surface area contributed by atoms with Crippen molar-refractivity contribution in [1.29, 1.82) is 0 Å². The maximum absolute atomic E-state index is 5.97. The zero-order chi connectivity index (χ0) is 9.52. The number of hydrogen-bond acceptors (Lipinski definition) is 3. The molecule has 0 saturated heterocycles. The number of hydrogen-bond donors (Lipinski definition) is 1. The van der Waals surface area contributed by atoms with E-state index in [4.69, 9.17) is 5.73 Å². The van der Waals surface area contributed by atoms with Gasteiger partial charge >= 0.3 is 0 Å². The van der Waals surface area contributed by atoms with E-state index in [1.165, 1.54) is 24.3 Å². The molecule has 0 fully saturated rings. The van der Waals surface area contributed by atoms with Crippen molar-refractivity contribution in [1.82, 2.24) is 4.98 Å². The summed E-state index contributed by atoms with van der Waals surface area (Å²) in [5, 5.41) is 3.18. The van der Waals surface area contributed by atoms with Gasteiger partial charge in [0.1, 0.15) is 0 Å². The molecule has 0 bridgehead atoms. The summed E-state index contributed by atoms with van der Waals surface area (Å²) >= 11 is 1.70. The van der Waals surface area contributed by atoms with Crippen molar-refractivity contribution in [3.8, 4) is 0 Å². The molecule has 1 aromatic rings. The minimum absolute atomic E-state index is 0.303. The zero-order valence-corrected chi connectivity index (χ0v) is 9.02. The van der Waals surface area contributed by atoms with Gasteiger partial charge in [-0.1, -0.05) is 26.2 Å². The van der Waals surface area contributed by atoms with Crippen LogP contribution in [0.1, 0.15) is 37.6 Å². The molecule has 1 atom stereocenters. The second kappa shape index (κ2) is 6.11. The molecule has 0 radical (unpaired) electrons. The van der Waals surface area contributed by atoms with Crippen molar-refractivity contribution in [3.63, 3.8) is 0 Å². The molecule has 1 heterocycles. The van der Waals surface area contributed by atoms with Gasteiger partial charge in [-0.15, -0.1) is 11.3 Å². The lowest BCUT2D eigenvalue weighted by atomic mass is 10.1. The quantitative estimate of drug-likeness (QED) is 0.714. The Morgan fingerprint density at radius 1 is 1.54 bits per heavy atom. The van der Waals surface area contributed by atoms with E-state index in [9.17, 15) is 0 Å². The van der Waals surface area contributed by atoms with Crippen LogP contribution in [0, 0.1) is 0 Å². The molecule has 2 nitrogen and oxygen atoms in total. The number of nitrogens with two attached hydrogens (primary N) is 1. The van der Waals surface area contributed by atoms with Crippen molar-refractivity contribution in [2.45, 2.75) is 45.1 Å². The predicted molar refractivity (Wildman–Crippen MR) is 57.9 cm³/mol. The fourth-order valence-corrected chi connectivity index (χ4v) is 2.05. The predicted octanol–water partition coefficient (Wildman–Crippen LogP) is 2.59. The fourth-order valence-electron chi connectivity index (χ4n) is 1.34. The normalized spacial score (nSPS) is 13.1. The second-order valence-corrected chi connectivity index (χ2v) is 4.36. The van der Waals surface area contributed by atoms with E-state index >= 15 is 0 Å². The van der Waals surface area contributed by atoms with Crippen LogP contribution in [0.25, 0.3) is 0 Å². The van der Waals surface area contributed by atoms with Gasteiger partial charge in [-0.05, 0) is 6.42 Å². The van der Waals surface area contributed by atoms with Gasteiger partial charge in [-0.25, -0.2) is 4.98 Å². The highest BCUT2D eigenvalue weighted by Crippen LogP contribution is 2.10. The molecule has 0 aliphatic heterocycles. The molecule has 0 spiro atoms. The molecule has 3 heteroatoms. The SMILES string of the molecule is CCCCCC(N)Cc1nccs1. The van der Waals surface area contributed by atoms with Crippen molar-refractivity contribution in [2.24, 2.45) is 5.73 Å². The Morgan fingerprint density at radius 3 is 3.00 bits per heavy atom. The molecule has 13 heavy (non-hydrogen) atoms. The summed E-state index contributed by atoms with van der Waals surface area (Å²) in [4.78, 5) is 4.22. The maximum Gasteiger partial charge on any atom is 0.0940 e. The monoisotopic (exact) mass is 198 g/mol. The van der Waals surface area contributed by atoms with Gasteiger partial charge in [-0.2, -0.15) is 0 Å². The molecule has 0 aliphatic rings. The van der Waals surface area contributed by atoms with Crippen LogP contribution >= 0.6 is 11.3 Å². The minimum atomic E-state index is 0.303. The van der Waals surface area contributed by atoms with Crippen molar-refractivity contribution in [3.05, 3.63) is 16.6 Å². The van der Waals surface area contributed by atoms with Crippen LogP contribution in [0.3, 0.4) is 0 Å². The summed E-state index contributed by atoms with van der Waals surface area (Å²) in [5.74, 6) is 0. The lowest BCUT2D eigenvalue weighted by Crippen LogP contribution is -2.22. The van der Waals surface area contributed by atoms with E-state index in [2.05, 4.69) is 11.9 Å². The van der Waals surface area contributed by atoms with Crippen LogP contribution in [0.4, 0.5) is 0 Å². The van der Waals surface area contributed by atoms with Gasteiger partial charge in [0, 0.05) is 24.0 Å². The molecular weight excluding hydrogens is 180 g/mol. The van der Waals surface area contributed by atoms with Crippen LogP contribution in [-0.2, 0) is 6.42 Å². The lowest BCUT2D eigenvalue weighted by molar-refractivity contribution is 0.556. The Bertz CT molecular complexity index is 209. The smallest absolute Gasteiger partial charge is 0.0940 e. The first-order valence-electron chi connectivity index (χ1n) is 4.97. The number of thiazole rings is 1. The van der Waals surface area contributed by atoms with E-state index in [1.807, 2.05) is 11.6 Å². The van der Waals surface area contributed by atoms with E-state index in [-0.39, 0.29) is 0 Å². The van der Waals surface area contributed by atoms with Crippen LogP contribution < -0.4 is 5.73 Å². The Labute approximate surface area is 84.2 Å². The number of rotatable bonds is 6. The fraction of sp³-hybridized carbons (Fsp3) is 0.700. The lowest BCUT2D eigenvalue weighted by Gasteiger charge is -2.08. The highest BCUT2D eigenvalue weighted by Gasteiger charge is 2.04.